The van der Waals surface area contributed by atoms with Gasteiger partial charge >= 0.3 is 0 Å². The summed E-state index contributed by atoms with van der Waals surface area (Å²) >= 11 is 0. The molecular formula is C12H21N3O. The van der Waals surface area contributed by atoms with Crippen molar-refractivity contribution in [2.45, 2.75) is 19.4 Å². The molecule has 0 amide bonds. The average molecular weight is 223 g/mol. The SMILES string of the molecule is Cc1ccc(C(N)CCN2CCNCC2)o1. The van der Waals surface area contributed by atoms with Crippen LogP contribution >= 0.6 is 0 Å². The maximum atomic E-state index is 6.09. The normalized spacial score (nSPS) is 19.9. The highest BCUT2D eigenvalue weighted by molar-refractivity contribution is 5.09. The van der Waals surface area contributed by atoms with Crippen molar-refractivity contribution in [3.05, 3.63) is 23.7 Å². The van der Waals surface area contributed by atoms with Crippen LogP contribution in [0.15, 0.2) is 16.5 Å². The van der Waals surface area contributed by atoms with Gasteiger partial charge in [-0.05, 0) is 25.5 Å². The summed E-state index contributed by atoms with van der Waals surface area (Å²) in [6.07, 6.45) is 0.965. The standard InChI is InChI=1S/C12H21N3O/c1-10-2-3-12(16-10)11(13)4-7-15-8-5-14-6-9-15/h2-3,11,14H,4-9,13H2,1H3. The highest BCUT2D eigenvalue weighted by atomic mass is 16.3. The highest BCUT2D eigenvalue weighted by Gasteiger charge is 2.14. The zero-order valence-corrected chi connectivity index (χ0v) is 9.91. The van der Waals surface area contributed by atoms with E-state index in [2.05, 4.69) is 10.2 Å². The Morgan fingerprint density at radius 2 is 2.19 bits per heavy atom. The Labute approximate surface area is 96.8 Å². The molecule has 16 heavy (non-hydrogen) atoms. The van der Waals surface area contributed by atoms with Crippen molar-refractivity contribution >= 4 is 0 Å². The molecule has 1 aromatic heterocycles. The van der Waals surface area contributed by atoms with Crippen molar-refractivity contribution in [3.8, 4) is 0 Å². The Balaban J connectivity index is 1.76. The monoisotopic (exact) mass is 223 g/mol. The van der Waals surface area contributed by atoms with Gasteiger partial charge in [-0.15, -0.1) is 0 Å². The van der Waals surface area contributed by atoms with E-state index >= 15 is 0 Å². The first kappa shape index (κ1) is 11.6. The molecule has 2 rings (SSSR count). The number of rotatable bonds is 4. The van der Waals surface area contributed by atoms with Gasteiger partial charge in [0.15, 0.2) is 0 Å². The Hall–Kier alpha value is -0.840. The van der Waals surface area contributed by atoms with Gasteiger partial charge in [-0.25, -0.2) is 0 Å². The molecule has 0 aliphatic carbocycles. The molecule has 1 fully saturated rings. The number of hydrogen-bond donors (Lipinski definition) is 2. The summed E-state index contributed by atoms with van der Waals surface area (Å²) in [7, 11) is 0. The van der Waals surface area contributed by atoms with E-state index in [1.807, 2.05) is 19.1 Å². The van der Waals surface area contributed by atoms with E-state index in [-0.39, 0.29) is 6.04 Å². The molecule has 0 radical (unpaired) electrons. The summed E-state index contributed by atoms with van der Waals surface area (Å²) in [5, 5.41) is 3.35. The fourth-order valence-electron chi connectivity index (χ4n) is 2.05. The summed E-state index contributed by atoms with van der Waals surface area (Å²) in [4.78, 5) is 2.45. The lowest BCUT2D eigenvalue weighted by molar-refractivity contribution is 0.229. The Morgan fingerprint density at radius 3 is 2.81 bits per heavy atom. The fraction of sp³-hybridized carbons (Fsp3) is 0.667. The number of nitrogens with zero attached hydrogens (tertiary/aromatic N) is 1. The zero-order chi connectivity index (χ0) is 11.4. The lowest BCUT2D eigenvalue weighted by atomic mass is 10.1. The fourth-order valence-corrected chi connectivity index (χ4v) is 2.05. The highest BCUT2D eigenvalue weighted by Crippen LogP contribution is 2.17. The predicted octanol–water partition coefficient (Wildman–Crippen LogP) is 0.883. The molecule has 0 spiro atoms. The van der Waals surface area contributed by atoms with Crippen LogP contribution in [0.1, 0.15) is 24.0 Å². The molecule has 1 unspecified atom stereocenters. The molecule has 0 aromatic carbocycles. The van der Waals surface area contributed by atoms with Gasteiger partial charge in [-0.3, -0.25) is 0 Å². The van der Waals surface area contributed by atoms with Crippen molar-refractivity contribution in [1.29, 1.82) is 0 Å². The first-order chi connectivity index (χ1) is 7.75. The van der Waals surface area contributed by atoms with Crippen LogP contribution in [0.3, 0.4) is 0 Å². The van der Waals surface area contributed by atoms with Crippen LogP contribution in [0.5, 0.6) is 0 Å². The van der Waals surface area contributed by atoms with Crippen molar-refractivity contribution in [2.24, 2.45) is 5.73 Å². The van der Waals surface area contributed by atoms with Crippen LogP contribution in [-0.4, -0.2) is 37.6 Å². The topological polar surface area (TPSA) is 54.4 Å². The molecule has 0 bridgehead atoms. The van der Waals surface area contributed by atoms with E-state index in [0.717, 1.165) is 50.7 Å². The molecule has 0 saturated carbocycles. The van der Waals surface area contributed by atoms with Crippen molar-refractivity contribution in [1.82, 2.24) is 10.2 Å². The van der Waals surface area contributed by atoms with Gasteiger partial charge in [0.1, 0.15) is 11.5 Å². The lowest BCUT2D eigenvalue weighted by Crippen LogP contribution is -2.44. The van der Waals surface area contributed by atoms with E-state index in [1.165, 1.54) is 0 Å². The minimum Gasteiger partial charge on any atom is -0.465 e. The molecule has 1 aliphatic heterocycles. The van der Waals surface area contributed by atoms with E-state index in [9.17, 15) is 0 Å². The number of furan rings is 1. The van der Waals surface area contributed by atoms with Gasteiger partial charge in [-0.2, -0.15) is 0 Å². The molecule has 4 nitrogen and oxygen atoms in total. The van der Waals surface area contributed by atoms with Crippen LogP contribution in [0, 0.1) is 6.92 Å². The molecular weight excluding hydrogens is 202 g/mol. The van der Waals surface area contributed by atoms with E-state index in [0.29, 0.717) is 0 Å². The number of aryl methyl sites for hydroxylation is 1. The predicted molar refractivity (Wildman–Crippen MR) is 64.3 cm³/mol. The number of hydrogen-bond acceptors (Lipinski definition) is 4. The van der Waals surface area contributed by atoms with Gasteiger partial charge in [0.2, 0.25) is 0 Å². The van der Waals surface area contributed by atoms with Crippen molar-refractivity contribution in [3.63, 3.8) is 0 Å². The summed E-state index contributed by atoms with van der Waals surface area (Å²) in [6, 6.07) is 3.99. The first-order valence-corrected chi connectivity index (χ1v) is 6.00. The first-order valence-electron chi connectivity index (χ1n) is 6.00. The van der Waals surface area contributed by atoms with Gasteiger partial charge in [0.05, 0.1) is 6.04 Å². The largest absolute Gasteiger partial charge is 0.465 e. The molecule has 3 N–H and O–H groups in total. The molecule has 1 aromatic rings. The van der Waals surface area contributed by atoms with Gasteiger partial charge in [-0.1, -0.05) is 0 Å². The van der Waals surface area contributed by atoms with E-state index in [4.69, 9.17) is 10.2 Å². The number of piperazine rings is 1. The van der Waals surface area contributed by atoms with E-state index < -0.39 is 0 Å². The maximum Gasteiger partial charge on any atom is 0.120 e. The Kier molecular flexibility index (Phi) is 3.98. The Bertz CT molecular complexity index is 318. The number of nitrogens with one attached hydrogen (secondary N) is 1. The van der Waals surface area contributed by atoms with Crippen LogP contribution in [0.4, 0.5) is 0 Å². The van der Waals surface area contributed by atoms with E-state index in [1.54, 1.807) is 0 Å². The van der Waals surface area contributed by atoms with Crippen LogP contribution in [-0.2, 0) is 0 Å². The molecule has 1 aliphatic rings. The van der Waals surface area contributed by atoms with Crippen molar-refractivity contribution < 1.29 is 4.42 Å². The quantitative estimate of drug-likeness (QED) is 0.795. The summed E-state index contributed by atoms with van der Waals surface area (Å²) in [6.45, 7) is 7.45. The van der Waals surface area contributed by atoms with Crippen LogP contribution < -0.4 is 11.1 Å². The minimum absolute atomic E-state index is 0.0311. The second-order valence-corrected chi connectivity index (χ2v) is 4.44. The second-order valence-electron chi connectivity index (χ2n) is 4.44. The lowest BCUT2D eigenvalue weighted by Gasteiger charge is -2.27. The average Bonchev–Trinajstić information content (AvgIpc) is 2.74. The zero-order valence-electron chi connectivity index (χ0n) is 9.91. The van der Waals surface area contributed by atoms with Gasteiger partial charge in [0.25, 0.3) is 0 Å². The third kappa shape index (κ3) is 3.07. The number of nitrogens with two attached hydrogens (primary N) is 1. The van der Waals surface area contributed by atoms with Gasteiger partial charge in [0, 0.05) is 32.7 Å². The van der Waals surface area contributed by atoms with Gasteiger partial charge < -0.3 is 20.4 Å². The maximum absolute atomic E-state index is 6.09. The third-order valence-electron chi connectivity index (χ3n) is 3.09. The minimum atomic E-state index is 0.0311. The molecule has 90 valence electrons. The van der Waals surface area contributed by atoms with Crippen LogP contribution in [0.25, 0.3) is 0 Å². The Morgan fingerprint density at radius 1 is 1.44 bits per heavy atom. The summed E-state index contributed by atoms with van der Waals surface area (Å²) < 4.78 is 5.53. The summed E-state index contributed by atoms with van der Waals surface area (Å²) in [5.41, 5.74) is 6.09. The molecule has 2 heterocycles. The third-order valence-corrected chi connectivity index (χ3v) is 3.09. The smallest absolute Gasteiger partial charge is 0.120 e. The van der Waals surface area contributed by atoms with Crippen LogP contribution in [0.2, 0.25) is 0 Å². The molecule has 1 saturated heterocycles. The van der Waals surface area contributed by atoms with Crippen molar-refractivity contribution in [2.75, 3.05) is 32.7 Å². The molecule has 4 heteroatoms. The molecule has 1 atom stereocenters. The second kappa shape index (κ2) is 5.48. The summed E-state index contributed by atoms with van der Waals surface area (Å²) in [5.74, 6) is 1.85.